The fraction of sp³-hybridized carbons (Fsp3) is 0.222. The molecule has 3 amide bonds. The Kier molecular flexibility index (Phi) is 5.75. The molecule has 1 saturated heterocycles. The van der Waals surface area contributed by atoms with E-state index < -0.39 is 11.5 Å². The number of hydrogen-bond donors (Lipinski definition) is 1. The van der Waals surface area contributed by atoms with Crippen LogP contribution in [-0.2, 0) is 20.8 Å². The lowest BCUT2D eigenvalue weighted by Gasteiger charge is -2.31. The van der Waals surface area contributed by atoms with Crippen molar-refractivity contribution in [2.75, 3.05) is 24.5 Å². The van der Waals surface area contributed by atoms with E-state index in [4.69, 9.17) is 0 Å². The highest BCUT2D eigenvalue weighted by atomic mass is 16.2. The molecule has 2 aliphatic rings. The van der Waals surface area contributed by atoms with Crippen LogP contribution in [0.1, 0.15) is 18.9 Å². The van der Waals surface area contributed by atoms with Gasteiger partial charge in [0.2, 0.25) is 5.91 Å². The smallest absolute Gasteiger partial charge is 0.272 e. The maximum atomic E-state index is 13.3. The molecule has 0 radical (unpaired) electrons. The second kappa shape index (κ2) is 8.92. The second-order valence-corrected chi connectivity index (χ2v) is 8.91. The van der Waals surface area contributed by atoms with Crippen molar-refractivity contribution < 1.29 is 14.4 Å². The number of fused-ring (bicyclic) bond motifs is 2. The summed E-state index contributed by atoms with van der Waals surface area (Å²) in [4.78, 5) is 57.9. The highest BCUT2D eigenvalue weighted by Gasteiger charge is 2.25. The number of rotatable bonds is 5. The largest absolute Gasteiger partial charge is 0.337 e. The van der Waals surface area contributed by atoms with Gasteiger partial charge in [0.05, 0.1) is 16.6 Å². The van der Waals surface area contributed by atoms with E-state index in [1.807, 2.05) is 24.3 Å². The minimum atomic E-state index is -0.707. The van der Waals surface area contributed by atoms with Crippen LogP contribution in [0.15, 0.2) is 66.4 Å². The number of likely N-dealkylation sites (tertiary alicyclic amines) is 1. The molecule has 0 unspecified atom stereocenters. The first-order valence-electron chi connectivity index (χ1n) is 11.7. The summed E-state index contributed by atoms with van der Waals surface area (Å²) in [5.41, 5.74) is 3.42. The van der Waals surface area contributed by atoms with Crippen molar-refractivity contribution in [3.63, 3.8) is 0 Å². The number of benzene rings is 2. The van der Waals surface area contributed by atoms with Crippen molar-refractivity contribution in [3.8, 4) is 11.1 Å². The maximum Gasteiger partial charge on any atom is 0.272 e. The Hall–Kier alpha value is -4.53. The summed E-state index contributed by atoms with van der Waals surface area (Å²) in [6.45, 7) is 10.8. The fourth-order valence-corrected chi connectivity index (χ4v) is 4.56. The van der Waals surface area contributed by atoms with E-state index >= 15 is 0 Å². The van der Waals surface area contributed by atoms with Gasteiger partial charge < -0.3 is 15.1 Å². The molecule has 36 heavy (non-hydrogen) atoms. The maximum absolute atomic E-state index is 13.3. The molecule has 1 N–H and O–H groups in total. The van der Waals surface area contributed by atoms with Crippen molar-refractivity contribution in [2.24, 2.45) is 0 Å². The molecule has 5 rings (SSSR count). The van der Waals surface area contributed by atoms with E-state index in [1.54, 1.807) is 28.9 Å². The van der Waals surface area contributed by atoms with Crippen LogP contribution in [0, 0.1) is 0 Å². The fourth-order valence-electron chi connectivity index (χ4n) is 4.56. The molecule has 0 spiro atoms. The van der Waals surface area contributed by atoms with Crippen molar-refractivity contribution >= 4 is 40.0 Å². The van der Waals surface area contributed by atoms with Gasteiger partial charge in [-0.2, -0.15) is 0 Å². The highest BCUT2D eigenvalue weighted by molar-refractivity contribution is 6.15. The number of hydrogen-bond acceptors (Lipinski definition) is 5. The molecule has 0 bridgehead atoms. The molecule has 1 fully saturated rings. The van der Waals surface area contributed by atoms with Crippen LogP contribution in [-0.4, -0.2) is 51.8 Å². The van der Waals surface area contributed by atoms with Crippen molar-refractivity contribution in [1.82, 2.24) is 19.8 Å². The molecule has 9 heteroatoms. The minimum Gasteiger partial charge on any atom is -0.337 e. The number of aromatic nitrogens is 2. The lowest BCUT2D eigenvalue weighted by Crippen LogP contribution is -2.45. The van der Waals surface area contributed by atoms with Crippen LogP contribution in [0.25, 0.3) is 27.7 Å². The van der Waals surface area contributed by atoms with Gasteiger partial charge in [0.15, 0.2) is 0 Å². The summed E-state index contributed by atoms with van der Waals surface area (Å²) >= 11 is 0. The molecule has 2 aliphatic heterocycles. The van der Waals surface area contributed by atoms with Crippen LogP contribution >= 0.6 is 0 Å². The third-order valence-electron chi connectivity index (χ3n) is 6.67. The van der Waals surface area contributed by atoms with Gasteiger partial charge in [-0.15, -0.1) is 0 Å². The van der Waals surface area contributed by atoms with Crippen LogP contribution in [0.3, 0.4) is 0 Å². The zero-order valence-corrected chi connectivity index (χ0v) is 19.9. The van der Waals surface area contributed by atoms with Crippen LogP contribution in [0.5, 0.6) is 0 Å². The summed E-state index contributed by atoms with van der Waals surface area (Å²) in [7, 11) is 0. The summed E-state index contributed by atoms with van der Waals surface area (Å²) in [5, 5.41) is 2.76. The number of nitrogens with zero attached hydrogens (tertiary/aromatic N) is 4. The molecule has 1 aromatic heterocycles. The van der Waals surface area contributed by atoms with E-state index in [0.717, 1.165) is 39.8 Å². The first-order chi connectivity index (χ1) is 17.3. The third-order valence-corrected chi connectivity index (χ3v) is 6.67. The standard InChI is InChI=1S/C27H25N5O4/c1-16(26(35)30-11-5-12-30)29-25(34)17(2)32-15-28-24-21(6-4-7-22(24)27(32)36)19-8-9-23-20(14-19)10-13-31(23)18(3)33/h4,6-9,14-15H,1-2,5,10-13H2,3H3,(H,29,34). The molecule has 0 aliphatic carbocycles. The molecular formula is C27H25N5O4. The Morgan fingerprint density at radius 1 is 1.06 bits per heavy atom. The summed E-state index contributed by atoms with van der Waals surface area (Å²) in [6, 6.07) is 11.1. The normalized spacial score (nSPS) is 14.2. The SMILES string of the molecule is C=C(NC(=O)C(=C)n1cnc2c(-c3ccc4c(c3)CCN4C(C)=O)cccc2c1=O)C(=O)N1CCC1. The van der Waals surface area contributed by atoms with Crippen molar-refractivity contribution in [2.45, 2.75) is 19.8 Å². The molecule has 3 aromatic rings. The van der Waals surface area contributed by atoms with E-state index in [9.17, 15) is 19.2 Å². The van der Waals surface area contributed by atoms with Gasteiger partial charge in [-0.3, -0.25) is 23.7 Å². The van der Waals surface area contributed by atoms with Gasteiger partial charge in [0, 0.05) is 37.8 Å². The van der Waals surface area contributed by atoms with Crippen LogP contribution in [0.2, 0.25) is 0 Å². The highest BCUT2D eigenvalue weighted by Crippen LogP contribution is 2.34. The molecule has 0 saturated carbocycles. The average molecular weight is 484 g/mol. The Bertz CT molecular complexity index is 1530. The van der Waals surface area contributed by atoms with Gasteiger partial charge >= 0.3 is 0 Å². The number of carbonyl (C=O) groups excluding carboxylic acids is 3. The lowest BCUT2D eigenvalue weighted by molar-refractivity contribution is -0.131. The molecule has 0 atom stereocenters. The minimum absolute atomic E-state index is 0.00614. The lowest BCUT2D eigenvalue weighted by atomic mass is 9.99. The number of anilines is 1. The van der Waals surface area contributed by atoms with E-state index in [2.05, 4.69) is 23.5 Å². The predicted molar refractivity (Wildman–Crippen MR) is 137 cm³/mol. The zero-order valence-electron chi connectivity index (χ0n) is 19.9. The van der Waals surface area contributed by atoms with E-state index in [-0.39, 0.29) is 23.2 Å². The van der Waals surface area contributed by atoms with Gasteiger partial charge in [-0.1, -0.05) is 31.4 Å². The molecule has 2 aromatic carbocycles. The number of nitrogens with one attached hydrogen (secondary N) is 1. The molecule has 9 nitrogen and oxygen atoms in total. The second-order valence-electron chi connectivity index (χ2n) is 8.91. The van der Waals surface area contributed by atoms with Crippen LogP contribution < -0.4 is 15.8 Å². The quantitative estimate of drug-likeness (QED) is 0.561. The first kappa shape index (κ1) is 23.2. The topological polar surface area (TPSA) is 105 Å². The number of para-hydroxylation sites is 1. The Morgan fingerprint density at radius 2 is 1.83 bits per heavy atom. The van der Waals surface area contributed by atoms with Crippen molar-refractivity contribution in [3.05, 3.63) is 77.5 Å². The Labute approximate surface area is 207 Å². The first-order valence-corrected chi connectivity index (χ1v) is 11.7. The summed E-state index contributed by atoms with van der Waals surface area (Å²) in [5.74, 6) is -1.05. The summed E-state index contributed by atoms with van der Waals surface area (Å²) in [6.07, 6.45) is 2.94. The van der Waals surface area contributed by atoms with Gasteiger partial charge in [-0.05, 0) is 42.2 Å². The van der Waals surface area contributed by atoms with Gasteiger partial charge in [0.25, 0.3) is 17.4 Å². The van der Waals surface area contributed by atoms with Gasteiger partial charge in [0.1, 0.15) is 12.0 Å². The molecular weight excluding hydrogens is 458 g/mol. The molecule has 3 heterocycles. The molecule has 182 valence electrons. The third kappa shape index (κ3) is 3.88. The van der Waals surface area contributed by atoms with Gasteiger partial charge in [-0.25, -0.2) is 4.98 Å². The van der Waals surface area contributed by atoms with Crippen LogP contribution in [0.4, 0.5) is 5.69 Å². The monoisotopic (exact) mass is 483 g/mol. The predicted octanol–water partition coefficient (Wildman–Crippen LogP) is 2.31. The van der Waals surface area contributed by atoms with E-state index in [1.165, 1.54) is 6.33 Å². The zero-order chi connectivity index (χ0) is 25.6. The van der Waals surface area contributed by atoms with Crippen molar-refractivity contribution in [1.29, 1.82) is 0 Å². The Morgan fingerprint density at radius 3 is 2.53 bits per heavy atom. The summed E-state index contributed by atoms with van der Waals surface area (Å²) < 4.78 is 1.07. The number of amides is 3. The number of carbonyl (C=O) groups is 3. The Balaban J connectivity index is 1.44. The average Bonchev–Trinajstić information content (AvgIpc) is 3.26. The van der Waals surface area contributed by atoms with E-state index in [0.29, 0.717) is 30.5 Å².